The van der Waals surface area contributed by atoms with Crippen molar-refractivity contribution in [3.8, 4) is 0 Å². The van der Waals surface area contributed by atoms with Gasteiger partial charge in [0, 0.05) is 13.2 Å². The maximum absolute atomic E-state index is 11.0. The van der Waals surface area contributed by atoms with Gasteiger partial charge in [0.05, 0.1) is 19.3 Å². The fraction of sp³-hybridized carbons (Fsp3) is 0.571. The zero-order valence-corrected chi connectivity index (χ0v) is 7.25. The molecule has 1 aliphatic rings. The van der Waals surface area contributed by atoms with E-state index in [4.69, 9.17) is 4.74 Å². The minimum absolute atomic E-state index is 0.112. The SMILES string of the molecule is CN1C[C@H](Cn2ccnn2)OC1=O. The first-order valence-electron chi connectivity index (χ1n) is 4.01. The predicted molar refractivity (Wildman–Crippen MR) is 42.9 cm³/mol. The number of nitrogens with zero attached hydrogens (tertiary/aromatic N) is 4. The highest BCUT2D eigenvalue weighted by Crippen LogP contribution is 2.09. The highest BCUT2D eigenvalue weighted by Gasteiger charge is 2.28. The van der Waals surface area contributed by atoms with Crippen LogP contribution >= 0.6 is 0 Å². The van der Waals surface area contributed by atoms with Gasteiger partial charge in [0.1, 0.15) is 6.10 Å². The molecule has 0 bridgehead atoms. The van der Waals surface area contributed by atoms with E-state index in [0.717, 1.165) is 0 Å². The van der Waals surface area contributed by atoms with Crippen LogP contribution in [0.3, 0.4) is 0 Å². The molecule has 1 aromatic rings. The van der Waals surface area contributed by atoms with Crippen LogP contribution in [0.4, 0.5) is 4.79 Å². The third kappa shape index (κ3) is 1.61. The second-order valence-corrected chi connectivity index (χ2v) is 3.01. The summed E-state index contributed by atoms with van der Waals surface area (Å²) in [5, 5.41) is 7.45. The quantitative estimate of drug-likeness (QED) is 0.631. The van der Waals surface area contributed by atoms with Crippen molar-refractivity contribution in [2.24, 2.45) is 0 Å². The molecule has 0 radical (unpaired) electrons. The van der Waals surface area contributed by atoms with Gasteiger partial charge in [-0.15, -0.1) is 5.10 Å². The van der Waals surface area contributed by atoms with Crippen LogP contribution < -0.4 is 0 Å². The second-order valence-electron chi connectivity index (χ2n) is 3.01. The summed E-state index contributed by atoms with van der Waals surface area (Å²) >= 11 is 0. The molecule has 1 atom stereocenters. The fourth-order valence-electron chi connectivity index (χ4n) is 1.28. The van der Waals surface area contributed by atoms with Crippen LogP contribution in [0, 0.1) is 0 Å². The van der Waals surface area contributed by atoms with E-state index in [1.54, 1.807) is 29.0 Å². The summed E-state index contributed by atoms with van der Waals surface area (Å²) in [5.74, 6) is 0. The van der Waals surface area contributed by atoms with Crippen molar-refractivity contribution in [3.05, 3.63) is 12.4 Å². The first-order valence-corrected chi connectivity index (χ1v) is 4.01. The monoisotopic (exact) mass is 182 g/mol. The van der Waals surface area contributed by atoms with Gasteiger partial charge < -0.3 is 9.64 Å². The number of amides is 1. The number of carbonyl (C=O) groups excluding carboxylic acids is 1. The van der Waals surface area contributed by atoms with Gasteiger partial charge in [0.25, 0.3) is 0 Å². The molecule has 6 nitrogen and oxygen atoms in total. The van der Waals surface area contributed by atoms with E-state index in [9.17, 15) is 4.79 Å². The fourth-order valence-corrected chi connectivity index (χ4v) is 1.28. The Morgan fingerprint density at radius 1 is 1.77 bits per heavy atom. The molecule has 1 amide bonds. The van der Waals surface area contributed by atoms with E-state index in [-0.39, 0.29) is 12.2 Å². The first kappa shape index (κ1) is 8.03. The summed E-state index contributed by atoms with van der Waals surface area (Å²) in [6.45, 7) is 1.18. The third-order valence-electron chi connectivity index (χ3n) is 1.92. The summed E-state index contributed by atoms with van der Waals surface area (Å²) in [6, 6.07) is 0. The first-order chi connectivity index (χ1) is 6.25. The molecule has 2 heterocycles. The van der Waals surface area contributed by atoms with Gasteiger partial charge >= 0.3 is 6.09 Å². The van der Waals surface area contributed by atoms with Crippen LogP contribution in [-0.2, 0) is 11.3 Å². The topological polar surface area (TPSA) is 60.3 Å². The van der Waals surface area contributed by atoms with Crippen LogP contribution in [-0.4, -0.2) is 45.7 Å². The maximum atomic E-state index is 11.0. The lowest BCUT2D eigenvalue weighted by atomic mass is 10.3. The third-order valence-corrected chi connectivity index (χ3v) is 1.92. The second kappa shape index (κ2) is 3.04. The number of rotatable bonds is 2. The summed E-state index contributed by atoms with van der Waals surface area (Å²) < 4.78 is 6.70. The van der Waals surface area contributed by atoms with Crippen molar-refractivity contribution in [2.45, 2.75) is 12.6 Å². The molecule has 1 saturated heterocycles. The summed E-state index contributed by atoms with van der Waals surface area (Å²) in [7, 11) is 1.71. The lowest BCUT2D eigenvalue weighted by molar-refractivity contribution is 0.124. The zero-order valence-electron chi connectivity index (χ0n) is 7.25. The smallest absolute Gasteiger partial charge is 0.410 e. The van der Waals surface area contributed by atoms with Gasteiger partial charge in [-0.25, -0.2) is 9.48 Å². The van der Waals surface area contributed by atoms with Crippen molar-refractivity contribution in [1.29, 1.82) is 0 Å². The molecule has 0 aromatic carbocycles. The lowest BCUT2D eigenvalue weighted by Crippen LogP contribution is -2.22. The van der Waals surface area contributed by atoms with Crippen molar-refractivity contribution in [1.82, 2.24) is 19.9 Å². The minimum atomic E-state index is -0.273. The molecule has 0 spiro atoms. The molecule has 0 unspecified atom stereocenters. The van der Waals surface area contributed by atoms with Gasteiger partial charge in [0.2, 0.25) is 0 Å². The van der Waals surface area contributed by atoms with Gasteiger partial charge in [-0.05, 0) is 0 Å². The summed E-state index contributed by atoms with van der Waals surface area (Å²) in [4.78, 5) is 12.5. The Labute approximate surface area is 75.1 Å². The molecule has 70 valence electrons. The molecule has 0 aliphatic carbocycles. The number of cyclic esters (lactones) is 1. The Morgan fingerprint density at radius 2 is 2.62 bits per heavy atom. The van der Waals surface area contributed by atoms with E-state index in [1.807, 2.05) is 0 Å². The lowest BCUT2D eigenvalue weighted by Gasteiger charge is -2.06. The molecule has 2 rings (SSSR count). The largest absolute Gasteiger partial charge is 0.442 e. The van der Waals surface area contributed by atoms with Crippen molar-refractivity contribution < 1.29 is 9.53 Å². The molecular weight excluding hydrogens is 172 g/mol. The number of carbonyl (C=O) groups is 1. The van der Waals surface area contributed by atoms with E-state index >= 15 is 0 Å². The van der Waals surface area contributed by atoms with Crippen molar-refractivity contribution in [2.75, 3.05) is 13.6 Å². The molecule has 1 aromatic heterocycles. The average Bonchev–Trinajstić information content (AvgIpc) is 2.64. The number of hydrogen-bond acceptors (Lipinski definition) is 4. The molecular formula is C7H10N4O2. The standard InChI is InChI=1S/C7H10N4O2/c1-10-4-6(13-7(10)12)5-11-3-2-8-9-11/h2-3,6H,4-5H2,1H3/t6-/m1/s1. The van der Waals surface area contributed by atoms with Crippen LogP contribution in [0.15, 0.2) is 12.4 Å². The normalized spacial score (nSPS) is 22.1. The maximum Gasteiger partial charge on any atom is 0.410 e. The highest BCUT2D eigenvalue weighted by molar-refractivity contribution is 5.69. The highest BCUT2D eigenvalue weighted by atomic mass is 16.6. The molecule has 0 saturated carbocycles. The zero-order chi connectivity index (χ0) is 9.26. The van der Waals surface area contributed by atoms with Gasteiger partial charge in [-0.2, -0.15) is 0 Å². The van der Waals surface area contributed by atoms with E-state index in [2.05, 4.69) is 10.3 Å². The van der Waals surface area contributed by atoms with Crippen molar-refractivity contribution in [3.63, 3.8) is 0 Å². The van der Waals surface area contributed by atoms with Crippen LogP contribution in [0.2, 0.25) is 0 Å². The predicted octanol–water partition coefficient (Wildman–Crippen LogP) is -0.271. The number of likely N-dealkylation sites (N-methyl/N-ethyl adjacent to an activating group) is 1. The van der Waals surface area contributed by atoms with Gasteiger partial charge in [0.15, 0.2) is 0 Å². The van der Waals surface area contributed by atoms with Gasteiger partial charge in [-0.3, -0.25) is 0 Å². The Hall–Kier alpha value is -1.59. The van der Waals surface area contributed by atoms with Crippen LogP contribution in [0.25, 0.3) is 0 Å². The molecule has 1 fully saturated rings. The Balaban J connectivity index is 1.94. The number of hydrogen-bond donors (Lipinski definition) is 0. The average molecular weight is 182 g/mol. The number of ether oxygens (including phenoxy) is 1. The Morgan fingerprint density at radius 3 is 3.15 bits per heavy atom. The summed E-state index contributed by atoms with van der Waals surface area (Å²) in [6.07, 6.45) is 2.96. The Bertz CT molecular complexity index is 297. The van der Waals surface area contributed by atoms with E-state index in [0.29, 0.717) is 13.1 Å². The molecule has 13 heavy (non-hydrogen) atoms. The molecule has 1 aliphatic heterocycles. The number of aromatic nitrogens is 3. The minimum Gasteiger partial charge on any atom is -0.442 e. The van der Waals surface area contributed by atoms with Crippen LogP contribution in [0.1, 0.15) is 0 Å². The molecule has 0 N–H and O–H groups in total. The van der Waals surface area contributed by atoms with E-state index in [1.165, 1.54) is 0 Å². The summed E-state index contributed by atoms with van der Waals surface area (Å²) in [5.41, 5.74) is 0. The Kier molecular flexibility index (Phi) is 1.88. The van der Waals surface area contributed by atoms with Crippen LogP contribution in [0.5, 0.6) is 0 Å². The van der Waals surface area contributed by atoms with E-state index < -0.39 is 0 Å². The van der Waals surface area contributed by atoms with Gasteiger partial charge in [-0.1, -0.05) is 5.21 Å². The molecule has 6 heteroatoms. The van der Waals surface area contributed by atoms with Crippen molar-refractivity contribution >= 4 is 6.09 Å².